The van der Waals surface area contributed by atoms with Crippen LogP contribution in [-0.4, -0.2) is 12.5 Å². The topological polar surface area (TPSA) is 62.1 Å². The summed E-state index contributed by atoms with van der Waals surface area (Å²) in [5.74, 6) is -0.454. The van der Waals surface area contributed by atoms with Gasteiger partial charge in [-0.2, -0.15) is 18.4 Å². The van der Waals surface area contributed by atoms with E-state index in [1.807, 2.05) is 19.1 Å². The molecule has 7 heteroatoms. The highest BCUT2D eigenvalue weighted by Crippen LogP contribution is 2.33. The highest BCUT2D eigenvalue weighted by Gasteiger charge is 2.34. The first-order valence-electron chi connectivity index (χ1n) is 7.82. The molecule has 2 rings (SSSR count). The normalized spacial score (nSPS) is 12.2. The number of halogens is 3. The van der Waals surface area contributed by atoms with Crippen molar-refractivity contribution in [3.05, 3.63) is 59.2 Å². The van der Waals surface area contributed by atoms with Crippen LogP contribution in [0.4, 0.5) is 18.9 Å². The average Bonchev–Trinajstić information content (AvgIpc) is 2.60. The highest BCUT2D eigenvalue weighted by atomic mass is 19.4. The zero-order valence-electron chi connectivity index (χ0n) is 14.2. The Morgan fingerprint density at radius 1 is 1.23 bits per heavy atom. The van der Waals surface area contributed by atoms with Crippen LogP contribution in [0.15, 0.2) is 42.5 Å². The number of carbonyl (C=O) groups is 1. The van der Waals surface area contributed by atoms with Crippen molar-refractivity contribution < 1.29 is 22.7 Å². The molecule has 0 fully saturated rings. The third-order valence-electron chi connectivity index (χ3n) is 3.68. The number of hydrogen-bond acceptors (Lipinski definition) is 3. The number of anilines is 1. The molecule has 0 bridgehead atoms. The molecule has 0 aliphatic heterocycles. The summed E-state index contributed by atoms with van der Waals surface area (Å²) in [4.78, 5) is 12.2. The van der Waals surface area contributed by atoms with Crippen molar-refractivity contribution in [1.29, 1.82) is 5.26 Å². The zero-order valence-corrected chi connectivity index (χ0v) is 14.2. The number of alkyl halides is 3. The molecule has 0 saturated heterocycles. The summed E-state index contributed by atoms with van der Waals surface area (Å²) >= 11 is 0. The van der Waals surface area contributed by atoms with Crippen molar-refractivity contribution in [3.63, 3.8) is 0 Å². The zero-order chi connectivity index (χ0) is 19.3. The minimum Gasteiger partial charge on any atom is -0.493 e. The number of benzene rings is 2. The lowest BCUT2D eigenvalue weighted by Gasteiger charge is -2.15. The van der Waals surface area contributed by atoms with Gasteiger partial charge in [-0.15, -0.1) is 0 Å². The summed E-state index contributed by atoms with van der Waals surface area (Å²) in [6, 6.07) is 11.8. The fraction of sp³-hybridized carbons (Fsp3) is 0.263. The standard InChI is InChI=1S/C19H17F3N2O2/c1-12-3-7-16(8-4-12)26-11-13(2)18(25)24-15-6-5-14(10-23)17(9-15)19(20,21)22/h3-9,13H,11H2,1-2H3,(H,24,25)/t13-/m1/s1. The molecule has 0 unspecified atom stereocenters. The Kier molecular flexibility index (Phi) is 5.88. The molecule has 136 valence electrons. The van der Waals surface area contributed by atoms with E-state index in [0.29, 0.717) is 5.75 Å². The molecule has 1 N–H and O–H groups in total. The van der Waals surface area contributed by atoms with Crippen LogP contribution in [-0.2, 0) is 11.0 Å². The Morgan fingerprint density at radius 3 is 2.46 bits per heavy atom. The summed E-state index contributed by atoms with van der Waals surface area (Å²) in [6.45, 7) is 3.63. The third-order valence-corrected chi connectivity index (χ3v) is 3.68. The van der Waals surface area contributed by atoms with Gasteiger partial charge < -0.3 is 10.1 Å². The fourth-order valence-electron chi connectivity index (χ4n) is 2.15. The third kappa shape index (κ3) is 4.99. The quantitative estimate of drug-likeness (QED) is 0.849. The predicted molar refractivity (Wildman–Crippen MR) is 90.6 cm³/mol. The molecule has 0 aromatic heterocycles. The van der Waals surface area contributed by atoms with E-state index in [2.05, 4.69) is 5.32 Å². The number of nitrogens with zero attached hydrogens (tertiary/aromatic N) is 1. The number of hydrogen-bond donors (Lipinski definition) is 1. The van der Waals surface area contributed by atoms with Gasteiger partial charge in [-0.1, -0.05) is 24.6 Å². The van der Waals surface area contributed by atoms with E-state index in [-0.39, 0.29) is 12.3 Å². The summed E-state index contributed by atoms with van der Waals surface area (Å²) in [6.07, 6.45) is -4.67. The highest BCUT2D eigenvalue weighted by molar-refractivity contribution is 5.92. The molecule has 0 aliphatic carbocycles. The fourth-order valence-corrected chi connectivity index (χ4v) is 2.15. The van der Waals surface area contributed by atoms with Crippen LogP contribution < -0.4 is 10.1 Å². The van der Waals surface area contributed by atoms with Gasteiger partial charge in [0.15, 0.2) is 0 Å². The van der Waals surface area contributed by atoms with Crippen LogP contribution in [0.3, 0.4) is 0 Å². The molecule has 2 aromatic rings. The Bertz CT molecular complexity index is 824. The molecule has 0 spiro atoms. The lowest BCUT2D eigenvalue weighted by molar-refractivity contribution is -0.137. The molecule has 2 aromatic carbocycles. The second-order valence-corrected chi connectivity index (χ2v) is 5.88. The first-order chi connectivity index (χ1) is 12.2. The molecule has 4 nitrogen and oxygen atoms in total. The van der Waals surface area contributed by atoms with Gasteiger partial charge >= 0.3 is 6.18 Å². The van der Waals surface area contributed by atoms with E-state index in [1.54, 1.807) is 19.1 Å². The molecule has 0 aliphatic rings. The summed E-state index contributed by atoms with van der Waals surface area (Å²) in [5, 5.41) is 11.2. The largest absolute Gasteiger partial charge is 0.493 e. The molecule has 0 radical (unpaired) electrons. The number of nitriles is 1. The van der Waals surface area contributed by atoms with Gasteiger partial charge in [0.25, 0.3) is 0 Å². The number of ether oxygens (including phenoxy) is 1. The van der Waals surface area contributed by atoms with E-state index in [4.69, 9.17) is 10.00 Å². The maximum atomic E-state index is 13.0. The number of amides is 1. The summed E-state index contributed by atoms with van der Waals surface area (Å²) < 4.78 is 44.4. The Balaban J connectivity index is 2.02. The molecular formula is C19H17F3N2O2. The SMILES string of the molecule is Cc1ccc(OC[C@@H](C)C(=O)Nc2ccc(C#N)c(C(F)(F)F)c2)cc1. The van der Waals surface area contributed by atoms with E-state index < -0.39 is 29.1 Å². The van der Waals surface area contributed by atoms with Gasteiger partial charge in [0.05, 0.1) is 29.7 Å². The molecule has 0 heterocycles. The van der Waals surface area contributed by atoms with Crippen molar-refractivity contribution in [1.82, 2.24) is 0 Å². The van der Waals surface area contributed by atoms with Crippen LogP contribution in [0, 0.1) is 24.2 Å². The first-order valence-corrected chi connectivity index (χ1v) is 7.82. The van der Waals surface area contributed by atoms with Gasteiger partial charge in [-0.25, -0.2) is 0 Å². The van der Waals surface area contributed by atoms with Gasteiger partial charge in [0, 0.05) is 5.69 Å². The van der Waals surface area contributed by atoms with Gasteiger partial charge in [0.1, 0.15) is 5.75 Å². The van der Waals surface area contributed by atoms with E-state index >= 15 is 0 Å². The Hall–Kier alpha value is -3.01. The van der Waals surface area contributed by atoms with E-state index in [9.17, 15) is 18.0 Å². The lowest BCUT2D eigenvalue weighted by atomic mass is 10.1. The maximum absolute atomic E-state index is 13.0. The summed E-state index contributed by atoms with van der Waals surface area (Å²) in [7, 11) is 0. The Labute approximate surface area is 149 Å². The lowest BCUT2D eigenvalue weighted by Crippen LogP contribution is -2.25. The van der Waals surface area contributed by atoms with Crippen LogP contribution in [0.25, 0.3) is 0 Å². The number of carbonyl (C=O) groups excluding carboxylic acids is 1. The van der Waals surface area contributed by atoms with E-state index in [0.717, 1.165) is 17.7 Å². The van der Waals surface area contributed by atoms with Crippen LogP contribution >= 0.6 is 0 Å². The van der Waals surface area contributed by atoms with Crippen LogP contribution in [0.5, 0.6) is 5.75 Å². The monoisotopic (exact) mass is 362 g/mol. The number of aryl methyl sites for hydroxylation is 1. The molecule has 0 saturated carbocycles. The van der Waals surface area contributed by atoms with Gasteiger partial charge in [-0.3, -0.25) is 4.79 Å². The summed E-state index contributed by atoms with van der Waals surface area (Å²) in [5.41, 5.74) is -0.527. The van der Waals surface area contributed by atoms with Crippen molar-refractivity contribution >= 4 is 11.6 Å². The van der Waals surface area contributed by atoms with Crippen molar-refractivity contribution in [2.75, 3.05) is 11.9 Å². The molecular weight excluding hydrogens is 345 g/mol. The smallest absolute Gasteiger partial charge is 0.417 e. The number of nitrogens with one attached hydrogen (secondary N) is 1. The van der Waals surface area contributed by atoms with Gasteiger partial charge in [0.2, 0.25) is 5.91 Å². The van der Waals surface area contributed by atoms with Gasteiger partial charge in [-0.05, 0) is 37.3 Å². The minimum atomic E-state index is -4.67. The van der Waals surface area contributed by atoms with Crippen LogP contribution in [0.1, 0.15) is 23.6 Å². The minimum absolute atomic E-state index is 0.0245. The molecule has 26 heavy (non-hydrogen) atoms. The molecule has 1 amide bonds. The van der Waals surface area contributed by atoms with Crippen molar-refractivity contribution in [2.45, 2.75) is 20.0 Å². The average molecular weight is 362 g/mol. The second-order valence-electron chi connectivity index (χ2n) is 5.88. The predicted octanol–water partition coefficient (Wildman–Crippen LogP) is 4.54. The van der Waals surface area contributed by atoms with Crippen molar-refractivity contribution in [2.24, 2.45) is 5.92 Å². The molecule has 1 atom stereocenters. The Morgan fingerprint density at radius 2 is 1.88 bits per heavy atom. The van der Waals surface area contributed by atoms with E-state index in [1.165, 1.54) is 12.1 Å². The van der Waals surface area contributed by atoms with Crippen molar-refractivity contribution in [3.8, 4) is 11.8 Å². The maximum Gasteiger partial charge on any atom is 0.417 e. The first kappa shape index (κ1) is 19.3. The second kappa shape index (κ2) is 7.91. The number of rotatable bonds is 5. The van der Waals surface area contributed by atoms with Crippen LogP contribution in [0.2, 0.25) is 0 Å².